The molecule has 0 aliphatic carbocycles. The highest BCUT2D eigenvalue weighted by Gasteiger charge is 2.09. The summed E-state index contributed by atoms with van der Waals surface area (Å²) in [6.45, 7) is 0.323. The number of rotatable bonds is 5. The van der Waals surface area contributed by atoms with Gasteiger partial charge in [-0.3, -0.25) is 0 Å². The van der Waals surface area contributed by atoms with Gasteiger partial charge in [0.1, 0.15) is 5.02 Å². The molecular formula is C12H13ClN4O3S. The van der Waals surface area contributed by atoms with Crippen LogP contribution in [0.2, 0.25) is 5.02 Å². The Morgan fingerprint density at radius 1 is 1.43 bits per heavy atom. The predicted octanol–water partition coefficient (Wildman–Crippen LogP) is 1.40. The smallest absolute Gasteiger partial charge is 0.318 e. The van der Waals surface area contributed by atoms with Gasteiger partial charge >= 0.3 is 6.01 Å². The maximum Gasteiger partial charge on any atom is 0.318 e. The van der Waals surface area contributed by atoms with Gasteiger partial charge in [-0.1, -0.05) is 23.7 Å². The van der Waals surface area contributed by atoms with Crippen LogP contribution in [0.1, 0.15) is 5.56 Å². The van der Waals surface area contributed by atoms with Crippen molar-refractivity contribution in [2.24, 2.45) is 5.14 Å². The summed E-state index contributed by atoms with van der Waals surface area (Å²) in [5.41, 5.74) is 0.718. The van der Waals surface area contributed by atoms with Gasteiger partial charge in [-0.05, 0) is 17.7 Å². The summed E-state index contributed by atoms with van der Waals surface area (Å²) in [5, 5.41) is 8.40. The van der Waals surface area contributed by atoms with Crippen molar-refractivity contribution in [1.29, 1.82) is 0 Å². The van der Waals surface area contributed by atoms with Crippen LogP contribution in [-0.2, 0) is 16.6 Å². The van der Waals surface area contributed by atoms with E-state index < -0.39 is 10.0 Å². The lowest BCUT2D eigenvalue weighted by Gasteiger charge is -2.09. The molecule has 2 rings (SSSR count). The van der Waals surface area contributed by atoms with E-state index in [2.05, 4.69) is 15.3 Å². The van der Waals surface area contributed by atoms with Gasteiger partial charge in [0, 0.05) is 6.54 Å². The molecule has 112 valence electrons. The Morgan fingerprint density at radius 2 is 2.19 bits per heavy atom. The number of primary sulfonamides is 1. The van der Waals surface area contributed by atoms with E-state index in [-0.39, 0.29) is 10.9 Å². The standard InChI is InChI=1S/C12H13ClN4O3S/c1-20-12-16-7-10(13)11(17-12)15-6-8-3-2-4-9(5-8)21(14,18)19/h2-5,7H,6H2,1H3,(H2,14,18,19)(H,15,16,17). The molecule has 0 saturated heterocycles. The van der Waals surface area contributed by atoms with Gasteiger partial charge in [-0.15, -0.1) is 0 Å². The lowest BCUT2D eigenvalue weighted by Crippen LogP contribution is -2.12. The highest BCUT2D eigenvalue weighted by molar-refractivity contribution is 7.89. The lowest BCUT2D eigenvalue weighted by atomic mass is 10.2. The summed E-state index contributed by atoms with van der Waals surface area (Å²) in [5.74, 6) is 0.393. The van der Waals surface area contributed by atoms with Crippen LogP contribution in [0.25, 0.3) is 0 Å². The van der Waals surface area contributed by atoms with Gasteiger partial charge < -0.3 is 10.1 Å². The Kier molecular flexibility index (Phi) is 4.61. The first-order chi connectivity index (χ1) is 9.90. The molecule has 1 heterocycles. The van der Waals surface area contributed by atoms with Gasteiger partial charge in [0.25, 0.3) is 0 Å². The van der Waals surface area contributed by atoms with Crippen LogP contribution in [0, 0.1) is 0 Å². The first kappa shape index (κ1) is 15.5. The van der Waals surface area contributed by atoms with Crippen LogP contribution >= 0.6 is 11.6 Å². The molecule has 0 unspecified atom stereocenters. The topological polar surface area (TPSA) is 107 Å². The summed E-state index contributed by atoms with van der Waals surface area (Å²) >= 11 is 5.96. The van der Waals surface area contributed by atoms with Crippen molar-refractivity contribution in [2.45, 2.75) is 11.4 Å². The highest BCUT2D eigenvalue weighted by Crippen LogP contribution is 2.21. The number of sulfonamides is 1. The molecule has 9 heteroatoms. The summed E-state index contributed by atoms with van der Waals surface area (Å²) in [4.78, 5) is 7.96. The fourth-order valence-corrected chi connectivity index (χ4v) is 2.33. The van der Waals surface area contributed by atoms with Crippen molar-refractivity contribution in [3.8, 4) is 6.01 Å². The number of nitrogens with one attached hydrogen (secondary N) is 1. The largest absolute Gasteiger partial charge is 0.467 e. The van der Waals surface area contributed by atoms with E-state index in [1.807, 2.05) is 0 Å². The zero-order valence-electron chi connectivity index (χ0n) is 11.1. The van der Waals surface area contributed by atoms with Crippen LogP contribution in [0.3, 0.4) is 0 Å². The molecule has 1 aromatic carbocycles. The third kappa shape index (κ3) is 4.03. The molecule has 0 amide bonds. The number of anilines is 1. The van der Waals surface area contributed by atoms with Crippen LogP contribution in [0.15, 0.2) is 35.4 Å². The average Bonchev–Trinajstić information content (AvgIpc) is 2.46. The second-order valence-electron chi connectivity index (χ2n) is 4.10. The number of benzene rings is 1. The van der Waals surface area contributed by atoms with E-state index in [1.54, 1.807) is 12.1 Å². The van der Waals surface area contributed by atoms with Crippen LogP contribution in [0.4, 0.5) is 5.82 Å². The predicted molar refractivity (Wildman–Crippen MR) is 78.7 cm³/mol. The molecular weight excluding hydrogens is 316 g/mol. The molecule has 0 spiro atoms. The first-order valence-electron chi connectivity index (χ1n) is 5.82. The first-order valence-corrected chi connectivity index (χ1v) is 7.74. The van der Waals surface area contributed by atoms with Gasteiger partial charge in [0.05, 0.1) is 18.2 Å². The Bertz CT molecular complexity index is 752. The number of halogens is 1. The average molecular weight is 329 g/mol. The second-order valence-corrected chi connectivity index (χ2v) is 6.07. The fraction of sp³-hybridized carbons (Fsp3) is 0.167. The molecule has 0 fully saturated rings. The Labute approximate surface area is 127 Å². The number of methoxy groups -OCH3 is 1. The minimum atomic E-state index is -3.73. The van der Waals surface area contributed by atoms with Gasteiger partial charge in [0.15, 0.2) is 5.82 Å². The molecule has 0 saturated carbocycles. The third-order valence-corrected chi connectivity index (χ3v) is 3.78. The molecule has 0 aliphatic heterocycles. The Balaban J connectivity index is 2.17. The number of nitrogens with zero attached hydrogens (tertiary/aromatic N) is 2. The van der Waals surface area contributed by atoms with Crippen molar-refractivity contribution in [3.05, 3.63) is 41.0 Å². The zero-order valence-corrected chi connectivity index (χ0v) is 12.6. The van der Waals surface area contributed by atoms with Crippen molar-refractivity contribution < 1.29 is 13.2 Å². The molecule has 1 aromatic heterocycles. The summed E-state index contributed by atoms with van der Waals surface area (Å²) in [6.07, 6.45) is 1.41. The normalized spacial score (nSPS) is 11.2. The van der Waals surface area contributed by atoms with E-state index in [0.717, 1.165) is 5.56 Å². The van der Waals surface area contributed by atoms with Crippen LogP contribution in [-0.4, -0.2) is 25.5 Å². The number of hydrogen-bond donors (Lipinski definition) is 2. The van der Waals surface area contributed by atoms with Gasteiger partial charge in [-0.25, -0.2) is 18.5 Å². The maximum absolute atomic E-state index is 11.3. The maximum atomic E-state index is 11.3. The van der Waals surface area contributed by atoms with E-state index in [9.17, 15) is 8.42 Å². The van der Waals surface area contributed by atoms with Crippen molar-refractivity contribution in [2.75, 3.05) is 12.4 Å². The van der Waals surface area contributed by atoms with E-state index in [4.69, 9.17) is 21.5 Å². The number of nitrogens with two attached hydrogens (primary N) is 1. The molecule has 0 aliphatic rings. The Hall–Kier alpha value is -1.90. The molecule has 2 aromatic rings. The minimum absolute atomic E-state index is 0.0492. The number of ether oxygens (including phenoxy) is 1. The number of aromatic nitrogens is 2. The zero-order chi connectivity index (χ0) is 15.5. The van der Waals surface area contributed by atoms with E-state index in [0.29, 0.717) is 17.4 Å². The second kappa shape index (κ2) is 6.25. The molecule has 21 heavy (non-hydrogen) atoms. The molecule has 7 nitrogen and oxygen atoms in total. The van der Waals surface area contributed by atoms with E-state index in [1.165, 1.54) is 25.4 Å². The summed E-state index contributed by atoms with van der Waals surface area (Å²) in [7, 11) is -2.28. The molecule has 0 atom stereocenters. The Morgan fingerprint density at radius 3 is 2.86 bits per heavy atom. The lowest BCUT2D eigenvalue weighted by molar-refractivity contribution is 0.380. The van der Waals surface area contributed by atoms with Crippen LogP contribution in [0.5, 0.6) is 6.01 Å². The van der Waals surface area contributed by atoms with Gasteiger partial charge in [-0.2, -0.15) is 4.98 Å². The van der Waals surface area contributed by atoms with Crippen LogP contribution < -0.4 is 15.2 Å². The van der Waals surface area contributed by atoms with Crippen molar-refractivity contribution in [1.82, 2.24) is 9.97 Å². The number of hydrogen-bond acceptors (Lipinski definition) is 6. The van der Waals surface area contributed by atoms with Crippen molar-refractivity contribution >= 4 is 27.4 Å². The quantitative estimate of drug-likeness (QED) is 0.859. The van der Waals surface area contributed by atoms with Crippen molar-refractivity contribution in [3.63, 3.8) is 0 Å². The molecule has 3 N–H and O–H groups in total. The third-order valence-electron chi connectivity index (χ3n) is 2.59. The molecule has 0 bridgehead atoms. The van der Waals surface area contributed by atoms with Gasteiger partial charge in [0.2, 0.25) is 10.0 Å². The minimum Gasteiger partial charge on any atom is -0.467 e. The molecule has 0 radical (unpaired) electrons. The fourth-order valence-electron chi connectivity index (χ4n) is 1.59. The summed E-state index contributed by atoms with van der Waals surface area (Å²) < 4.78 is 27.5. The van der Waals surface area contributed by atoms with E-state index >= 15 is 0 Å². The monoisotopic (exact) mass is 328 g/mol. The SMILES string of the molecule is COc1ncc(Cl)c(NCc2cccc(S(N)(=O)=O)c2)n1. The summed E-state index contributed by atoms with van der Waals surface area (Å²) in [6, 6.07) is 6.46. The highest BCUT2D eigenvalue weighted by atomic mass is 35.5.